The molecule has 3 rings (SSSR count). The van der Waals surface area contributed by atoms with Crippen LogP contribution >= 0.6 is 0 Å². The van der Waals surface area contributed by atoms with Gasteiger partial charge in [-0.1, -0.05) is 17.3 Å². The second-order valence-electron chi connectivity index (χ2n) is 4.00. The van der Waals surface area contributed by atoms with E-state index in [4.69, 9.17) is 5.73 Å². The smallest absolute Gasteiger partial charge is 0.0890 e. The number of nitrogens with two attached hydrogens (primary N) is 1. The molecule has 5 heteroatoms. The van der Waals surface area contributed by atoms with Gasteiger partial charge >= 0.3 is 0 Å². The summed E-state index contributed by atoms with van der Waals surface area (Å²) in [6, 6.07) is 8.21. The predicted molar refractivity (Wildman–Crippen MR) is 61.8 cm³/mol. The lowest BCUT2D eigenvalue weighted by Crippen LogP contribution is -2.44. The number of anilines is 1. The van der Waals surface area contributed by atoms with Gasteiger partial charge in [0.1, 0.15) is 0 Å². The van der Waals surface area contributed by atoms with E-state index >= 15 is 0 Å². The van der Waals surface area contributed by atoms with Crippen LogP contribution in [-0.4, -0.2) is 28.1 Å². The van der Waals surface area contributed by atoms with Gasteiger partial charge in [0.15, 0.2) is 0 Å². The maximum atomic E-state index is 5.77. The molecule has 1 fully saturated rings. The lowest BCUT2D eigenvalue weighted by atomic mass is 10.1. The number of nitrogen functional groups attached to an aromatic ring is 1. The molecule has 0 atom stereocenters. The van der Waals surface area contributed by atoms with Crippen molar-refractivity contribution in [3.8, 4) is 11.3 Å². The van der Waals surface area contributed by atoms with Crippen molar-refractivity contribution in [2.45, 2.75) is 6.04 Å². The van der Waals surface area contributed by atoms with E-state index < -0.39 is 0 Å². The van der Waals surface area contributed by atoms with E-state index in [-0.39, 0.29) is 0 Å². The van der Waals surface area contributed by atoms with E-state index in [9.17, 15) is 0 Å². The third kappa shape index (κ3) is 1.45. The Morgan fingerprint density at radius 2 is 2.25 bits per heavy atom. The zero-order chi connectivity index (χ0) is 11.0. The van der Waals surface area contributed by atoms with Crippen LogP contribution < -0.4 is 11.1 Å². The maximum absolute atomic E-state index is 5.77. The fourth-order valence-corrected chi connectivity index (χ4v) is 1.86. The highest BCUT2D eigenvalue weighted by atomic mass is 15.5. The molecule has 0 bridgehead atoms. The highest BCUT2D eigenvalue weighted by molar-refractivity contribution is 5.63. The van der Waals surface area contributed by atoms with Crippen LogP contribution in [0.15, 0.2) is 30.5 Å². The van der Waals surface area contributed by atoms with E-state index in [1.54, 1.807) is 6.20 Å². The Hall–Kier alpha value is -1.88. The molecule has 1 aliphatic heterocycles. The first kappa shape index (κ1) is 9.35. The molecule has 1 aliphatic rings. The highest BCUT2D eigenvalue weighted by Gasteiger charge is 2.22. The third-order valence-corrected chi connectivity index (χ3v) is 2.86. The largest absolute Gasteiger partial charge is 0.399 e. The van der Waals surface area contributed by atoms with E-state index in [1.807, 2.05) is 28.9 Å². The van der Waals surface area contributed by atoms with Crippen molar-refractivity contribution in [2.75, 3.05) is 18.8 Å². The average Bonchev–Trinajstić information content (AvgIpc) is 2.64. The third-order valence-electron chi connectivity index (χ3n) is 2.86. The van der Waals surface area contributed by atoms with Gasteiger partial charge in [0.05, 0.1) is 17.9 Å². The van der Waals surface area contributed by atoms with Crippen molar-refractivity contribution < 1.29 is 0 Å². The lowest BCUT2D eigenvalue weighted by Gasteiger charge is -2.28. The van der Waals surface area contributed by atoms with Gasteiger partial charge in [0.2, 0.25) is 0 Å². The number of rotatable bonds is 2. The van der Waals surface area contributed by atoms with Crippen LogP contribution in [0.3, 0.4) is 0 Å². The van der Waals surface area contributed by atoms with Crippen molar-refractivity contribution in [1.29, 1.82) is 0 Å². The second-order valence-corrected chi connectivity index (χ2v) is 4.00. The maximum Gasteiger partial charge on any atom is 0.0890 e. The van der Waals surface area contributed by atoms with Crippen molar-refractivity contribution in [1.82, 2.24) is 20.3 Å². The molecule has 0 aliphatic carbocycles. The van der Waals surface area contributed by atoms with Crippen LogP contribution in [0.25, 0.3) is 11.3 Å². The fourth-order valence-electron chi connectivity index (χ4n) is 1.86. The summed E-state index contributed by atoms with van der Waals surface area (Å²) in [4.78, 5) is 0. The monoisotopic (exact) mass is 215 g/mol. The summed E-state index contributed by atoms with van der Waals surface area (Å²) in [5.74, 6) is 0. The van der Waals surface area contributed by atoms with Gasteiger partial charge < -0.3 is 11.1 Å². The zero-order valence-electron chi connectivity index (χ0n) is 8.80. The Kier molecular flexibility index (Phi) is 2.11. The van der Waals surface area contributed by atoms with Crippen molar-refractivity contribution >= 4 is 5.69 Å². The molecular formula is C11H13N5. The molecule has 5 nitrogen and oxygen atoms in total. The summed E-state index contributed by atoms with van der Waals surface area (Å²) in [7, 11) is 0. The standard InChI is InChI=1S/C11H13N5/c12-9-3-1-2-8(4-9)11-7-14-15-16(11)10-5-13-6-10/h1-4,7,10,13H,5-6,12H2. The van der Waals surface area contributed by atoms with Crippen LogP contribution in [-0.2, 0) is 0 Å². The molecule has 1 aromatic heterocycles. The van der Waals surface area contributed by atoms with Crippen molar-refractivity contribution in [3.05, 3.63) is 30.5 Å². The molecule has 0 unspecified atom stereocenters. The van der Waals surface area contributed by atoms with Crippen LogP contribution in [0.2, 0.25) is 0 Å². The Bertz CT molecular complexity index is 501. The number of nitrogens with one attached hydrogen (secondary N) is 1. The van der Waals surface area contributed by atoms with Gasteiger partial charge in [0.25, 0.3) is 0 Å². The first-order valence-electron chi connectivity index (χ1n) is 5.31. The summed E-state index contributed by atoms with van der Waals surface area (Å²) in [6.45, 7) is 1.91. The molecule has 2 heterocycles. The Balaban J connectivity index is 2.02. The molecule has 2 aromatic rings. The van der Waals surface area contributed by atoms with E-state index in [1.165, 1.54) is 0 Å². The highest BCUT2D eigenvalue weighted by Crippen LogP contribution is 2.24. The topological polar surface area (TPSA) is 68.8 Å². The van der Waals surface area contributed by atoms with Gasteiger partial charge in [-0.3, -0.25) is 0 Å². The number of nitrogens with zero attached hydrogens (tertiary/aromatic N) is 3. The number of benzene rings is 1. The minimum atomic E-state index is 0.416. The molecule has 0 saturated carbocycles. The van der Waals surface area contributed by atoms with Crippen molar-refractivity contribution in [2.24, 2.45) is 0 Å². The van der Waals surface area contributed by atoms with Gasteiger partial charge in [-0.05, 0) is 12.1 Å². The first-order valence-corrected chi connectivity index (χ1v) is 5.31. The predicted octanol–water partition coefficient (Wildman–Crippen LogP) is 0.672. The molecule has 0 amide bonds. The minimum Gasteiger partial charge on any atom is -0.399 e. The van der Waals surface area contributed by atoms with Crippen molar-refractivity contribution in [3.63, 3.8) is 0 Å². The number of aromatic nitrogens is 3. The van der Waals surface area contributed by atoms with Crippen LogP contribution in [0.4, 0.5) is 5.69 Å². The normalized spacial score (nSPS) is 16.0. The fraction of sp³-hybridized carbons (Fsp3) is 0.273. The Morgan fingerprint density at radius 1 is 1.38 bits per heavy atom. The molecule has 16 heavy (non-hydrogen) atoms. The summed E-state index contributed by atoms with van der Waals surface area (Å²) < 4.78 is 1.96. The summed E-state index contributed by atoms with van der Waals surface area (Å²) in [5, 5.41) is 11.3. The van der Waals surface area contributed by atoms with Crippen LogP contribution in [0, 0.1) is 0 Å². The zero-order valence-corrected chi connectivity index (χ0v) is 8.80. The van der Waals surface area contributed by atoms with Gasteiger partial charge in [-0.15, -0.1) is 5.10 Å². The van der Waals surface area contributed by atoms with Crippen LogP contribution in [0.1, 0.15) is 6.04 Å². The molecule has 3 N–H and O–H groups in total. The summed E-state index contributed by atoms with van der Waals surface area (Å²) in [5.41, 5.74) is 8.63. The summed E-state index contributed by atoms with van der Waals surface area (Å²) in [6.07, 6.45) is 1.78. The van der Waals surface area contributed by atoms with Crippen LogP contribution in [0.5, 0.6) is 0 Å². The molecule has 0 spiro atoms. The Morgan fingerprint density at radius 3 is 2.94 bits per heavy atom. The van der Waals surface area contributed by atoms with E-state index in [2.05, 4.69) is 15.6 Å². The molecule has 1 aromatic carbocycles. The average molecular weight is 215 g/mol. The summed E-state index contributed by atoms with van der Waals surface area (Å²) >= 11 is 0. The molecule has 0 radical (unpaired) electrons. The molecular weight excluding hydrogens is 202 g/mol. The molecule has 82 valence electrons. The molecule has 1 saturated heterocycles. The van der Waals surface area contributed by atoms with Gasteiger partial charge in [-0.2, -0.15) is 0 Å². The van der Waals surface area contributed by atoms with E-state index in [0.29, 0.717) is 6.04 Å². The minimum absolute atomic E-state index is 0.416. The quantitative estimate of drug-likeness (QED) is 0.722. The lowest BCUT2D eigenvalue weighted by molar-refractivity contribution is 0.315. The first-order chi connectivity index (χ1) is 7.84. The SMILES string of the molecule is Nc1cccc(-c2cnnn2C2CNC2)c1. The Labute approximate surface area is 93.3 Å². The van der Waals surface area contributed by atoms with Gasteiger partial charge in [0, 0.05) is 24.3 Å². The van der Waals surface area contributed by atoms with E-state index in [0.717, 1.165) is 30.0 Å². The second kappa shape index (κ2) is 3.61. The van der Waals surface area contributed by atoms with Gasteiger partial charge in [-0.25, -0.2) is 4.68 Å². The number of hydrogen-bond acceptors (Lipinski definition) is 4. The number of hydrogen-bond donors (Lipinski definition) is 2.